The molecule has 19 heavy (non-hydrogen) atoms. The summed E-state index contributed by atoms with van der Waals surface area (Å²) in [5.74, 6) is -0.373. The molecular formula is C11H11N3O3S2. The smallest absolute Gasteiger partial charge is 0.266 e. The Morgan fingerprint density at radius 1 is 1.42 bits per heavy atom. The molecule has 1 amide bonds. The average Bonchev–Trinajstić information content (AvgIpc) is 2.90. The highest BCUT2D eigenvalue weighted by atomic mass is 32.2. The van der Waals surface area contributed by atoms with Crippen molar-refractivity contribution in [1.82, 2.24) is 13.5 Å². The fourth-order valence-corrected chi connectivity index (χ4v) is 3.74. The fourth-order valence-electron chi connectivity index (χ4n) is 1.95. The Labute approximate surface area is 114 Å². The first-order valence-corrected chi connectivity index (χ1v) is 7.98. The minimum atomic E-state index is -3.88. The Morgan fingerprint density at radius 3 is 2.84 bits per heavy atom. The Kier molecular flexibility index (Phi) is 2.79. The zero-order valence-corrected chi connectivity index (χ0v) is 11.7. The maximum absolute atomic E-state index is 12.2. The molecular weight excluding hydrogens is 286 g/mol. The van der Waals surface area contributed by atoms with E-state index in [1.54, 1.807) is 12.1 Å². The second-order valence-corrected chi connectivity index (χ2v) is 6.86. The summed E-state index contributed by atoms with van der Waals surface area (Å²) >= 11 is 0.944. The van der Waals surface area contributed by atoms with Gasteiger partial charge in [0.15, 0.2) is 0 Å². The molecule has 2 atom stereocenters. The van der Waals surface area contributed by atoms with Crippen molar-refractivity contribution in [3.8, 4) is 0 Å². The van der Waals surface area contributed by atoms with Crippen LogP contribution in [0.25, 0.3) is 11.0 Å². The van der Waals surface area contributed by atoms with Crippen LogP contribution in [0.15, 0.2) is 23.1 Å². The molecule has 1 aliphatic rings. The van der Waals surface area contributed by atoms with Gasteiger partial charge in [-0.3, -0.25) is 4.79 Å². The number of hydrogen-bond acceptors (Lipinski definition) is 6. The molecule has 1 saturated carbocycles. The van der Waals surface area contributed by atoms with Crippen LogP contribution in [0.3, 0.4) is 0 Å². The van der Waals surface area contributed by atoms with Crippen LogP contribution in [-0.2, 0) is 14.8 Å². The van der Waals surface area contributed by atoms with Crippen LogP contribution in [0.2, 0.25) is 0 Å². The molecule has 1 aromatic heterocycles. The third-order valence-electron chi connectivity index (χ3n) is 3.22. The standard InChI is InChI=1S/C11H11N3O3S2/c1-6-5-7(6)11(15)14-19(16,17)9-4-2-3-8-10(9)13-18-12-8/h2-4,6-7H,5H2,1H3,(H,14,15)/t6-,7-/m0/s1. The minimum Gasteiger partial charge on any atom is -0.274 e. The van der Waals surface area contributed by atoms with Crippen LogP contribution in [0.4, 0.5) is 0 Å². The molecule has 3 rings (SSSR count). The molecule has 0 spiro atoms. The van der Waals surface area contributed by atoms with Crippen LogP contribution < -0.4 is 4.72 Å². The van der Waals surface area contributed by atoms with E-state index in [1.807, 2.05) is 6.92 Å². The van der Waals surface area contributed by atoms with E-state index >= 15 is 0 Å². The molecule has 0 aliphatic heterocycles. The topological polar surface area (TPSA) is 89.0 Å². The molecule has 0 saturated heterocycles. The summed E-state index contributed by atoms with van der Waals surface area (Å²) in [7, 11) is -3.88. The first kappa shape index (κ1) is 12.5. The van der Waals surface area contributed by atoms with E-state index in [0.717, 1.165) is 18.1 Å². The summed E-state index contributed by atoms with van der Waals surface area (Å²) in [4.78, 5) is 11.8. The van der Waals surface area contributed by atoms with Crippen molar-refractivity contribution in [2.45, 2.75) is 18.2 Å². The van der Waals surface area contributed by atoms with Gasteiger partial charge in [0, 0.05) is 5.92 Å². The summed E-state index contributed by atoms with van der Waals surface area (Å²) < 4.78 is 34.5. The number of nitrogens with one attached hydrogen (secondary N) is 1. The monoisotopic (exact) mass is 297 g/mol. The predicted octanol–water partition coefficient (Wildman–Crippen LogP) is 1.15. The molecule has 1 heterocycles. The van der Waals surface area contributed by atoms with Crippen LogP contribution in [0.1, 0.15) is 13.3 Å². The number of carbonyl (C=O) groups is 1. The molecule has 1 aromatic carbocycles. The molecule has 1 aliphatic carbocycles. The van der Waals surface area contributed by atoms with Gasteiger partial charge in [-0.15, -0.1) is 0 Å². The highest BCUT2D eigenvalue weighted by molar-refractivity contribution is 7.90. The van der Waals surface area contributed by atoms with Gasteiger partial charge in [-0.2, -0.15) is 8.75 Å². The summed E-state index contributed by atoms with van der Waals surface area (Å²) in [6.45, 7) is 1.92. The molecule has 2 aromatic rings. The number of sulfonamides is 1. The van der Waals surface area contributed by atoms with Gasteiger partial charge in [-0.05, 0) is 24.5 Å². The van der Waals surface area contributed by atoms with Gasteiger partial charge in [0.2, 0.25) is 5.91 Å². The normalized spacial score (nSPS) is 22.4. The van der Waals surface area contributed by atoms with Crippen molar-refractivity contribution in [1.29, 1.82) is 0 Å². The molecule has 100 valence electrons. The van der Waals surface area contributed by atoms with Crippen molar-refractivity contribution < 1.29 is 13.2 Å². The Bertz CT molecular complexity index is 753. The predicted molar refractivity (Wildman–Crippen MR) is 70.0 cm³/mol. The van der Waals surface area contributed by atoms with Crippen molar-refractivity contribution in [3.63, 3.8) is 0 Å². The van der Waals surface area contributed by atoms with Crippen LogP contribution >= 0.6 is 11.7 Å². The molecule has 1 N–H and O–H groups in total. The zero-order valence-electron chi connectivity index (χ0n) is 10.0. The average molecular weight is 297 g/mol. The summed E-state index contributed by atoms with van der Waals surface area (Å²) in [5.41, 5.74) is 0.816. The van der Waals surface area contributed by atoms with Crippen molar-refractivity contribution >= 4 is 38.7 Å². The van der Waals surface area contributed by atoms with Gasteiger partial charge in [0.1, 0.15) is 15.9 Å². The quantitative estimate of drug-likeness (QED) is 0.918. The lowest BCUT2D eigenvalue weighted by Crippen LogP contribution is -2.32. The molecule has 6 nitrogen and oxygen atoms in total. The number of hydrogen-bond donors (Lipinski definition) is 1. The third-order valence-corrected chi connectivity index (χ3v) is 5.14. The number of benzene rings is 1. The van der Waals surface area contributed by atoms with Crippen LogP contribution in [0, 0.1) is 11.8 Å². The van der Waals surface area contributed by atoms with E-state index in [-0.39, 0.29) is 16.7 Å². The molecule has 0 bridgehead atoms. The molecule has 0 unspecified atom stereocenters. The van der Waals surface area contributed by atoms with Gasteiger partial charge >= 0.3 is 0 Å². The Hall–Kier alpha value is -1.54. The number of amides is 1. The van der Waals surface area contributed by atoms with Crippen molar-refractivity contribution in [3.05, 3.63) is 18.2 Å². The van der Waals surface area contributed by atoms with E-state index in [1.165, 1.54) is 6.07 Å². The second-order valence-electron chi connectivity index (χ2n) is 4.68. The van der Waals surface area contributed by atoms with Gasteiger partial charge in [-0.1, -0.05) is 13.0 Å². The number of carbonyl (C=O) groups excluding carboxylic acids is 1. The first-order chi connectivity index (χ1) is 8.99. The number of rotatable bonds is 3. The van der Waals surface area contributed by atoms with Crippen LogP contribution in [-0.4, -0.2) is 23.1 Å². The highest BCUT2D eigenvalue weighted by Crippen LogP contribution is 2.38. The maximum atomic E-state index is 12.2. The van der Waals surface area contributed by atoms with E-state index in [0.29, 0.717) is 11.0 Å². The second kappa shape index (κ2) is 4.24. The van der Waals surface area contributed by atoms with Crippen molar-refractivity contribution in [2.24, 2.45) is 11.8 Å². The van der Waals surface area contributed by atoms with Gasteiger partial charge in [0.05, 0.1) is 11.7 Å². The van der Waals surface area contributed by atoms with Gasteiger partial charge in [-0.25, -0.2) is 13.1 Å². The lowest BCUT2D eigenvalue weighted by atomic mass is 10.3. The first-order valence-electron chi connectivity index (χ1n) is 5.77. The zero-order chi connectivity index (χ0) is 13.6. The third kappa shape index (κ3) is 2.21. The summed E-state index contributed by atoms with van der Waals surface area (Å²) in [6, 6.07) is 4.70. The van der Waals surface area contributed by atoms with E-state index in [2.05, 4.69) is 13.5 Å². The van der Waals surface area contributed by atoms with E-state index in [9.17, 15) is 13.2 Å². The molecule has 0 radical (unpaired) electrons. The molecule has 1 fully saturated rings. The van der Waals surface area contributed by atoms with Crippen molar-refractivity contribution in [2.75, 3.05) is 0 Å². The highest BCUT2D eigenvalue weighted by Gasteiger charge is 2.41. The summed E-state index contributed by atoms with van der Waals surface area (Å²) in [6.07, 6.45) is 0.740. The van der Waals surface area contributed by atoms with E-state index in [4.69, 9.17) is 0 Å². The van der Waals surface area contributed by atoms with Crippen LogP contribution in [0.5, 0.6) is 0 Å². The minimum absolute atomic E-state index is 0.000373. The molecule has 8 heteroatoms. The van der Waals surface area contributed by atoms with E-state index < -0.39 is 15.9 Å². The number of fused-ring (bicyclic) bond motifs is 1. The number of nitrogens with zero attached hydrogens (tertiary/aromatic N) is 2. The number of aromatic nitrogens is 2. The Balaban J connectivity index is 1.96. The lowest BCUT2D eigenvalue weighted by molar-refractivity contribution is -0.120. The maximum Gasteiger partial charge on any atom is 0.266 e. The largest absolute Gasteiger partial charge is 0.274 e. The lowest BCUT2D eigenvalue weighted by Gasteiger charge is -2.06. The fraction of sp³-hybridized carbons (Fsp3) is 0.364. The Morgan fingerprint density at radius 2 is 2.16 bits per heavy atom. The van der Waals surface area contributed by atoms with Gasteiger partial charge in [0.25, 0.3) is 10.0 Å². The SMILES string of the molecule is C[C@H]1C[C@@H]1C(=O)NS(=O)(=O)c1cccc2nsnc12. The van der Waals surface area contributed by atoms with Gasteiger partial charge < -0.3 is 0 Å². The summed E-state index contributed by atoms with van der Waals surface area (Å²) in [5, 5.41) is 0.